The van der Waals surface area contributed by atoms with Crippen LogP contribution in [-0.4, -0.2) is 7.11 Å². The summed E-state index contributed by atoms with van der Waals surface area (Å²) < 4.78 is 6.95. The van der Waals surface area contributed by atoms with Crippen LogP contribution in [0.1, 0.15) is 5.56 Å². The highest BCUT2D eigenvalue weighted by Crippen LogP contribution is 2.34. The molecule has 0 aliphatic rings. The molecule has 1 aromatic rings. The Labute approximate surface area is 88.7 Å². The number of halogens is 2. The molecule has 0 saturated heterocycles. The molecule has 0 radical (unpaired) electrons. The number of methoxy groups -OCH3 is 1. The highest BCUT2D eigenvalue weighted by molar-refractivity contribution is 9.15. The van der Waals surface area contributed by atoms with E-state index in [0.717, 1.165) is 20.3 Å². The summed E-state index contributed by atoms with van der Waals surface area (Å²) in [6.07, 6.45) is 0. The fourth-order valence-corrected chi connectivity index (χ4v) is 1.77. The predicted molar refractivity (Wildman–Crippen MR) is 58.7 cm³/mol. The van der Waals surface area contributed by atoms with Crippen molar-refractivity contribution < 1.29 is 4.74 Å². The Hall–Kier alpha value is -0.280. The van der Waals surface area contributed by atoms with E-state index in [2.05, 4.69) is 38.4 Å². The molecule has 12 heavy (non-hydrogen) atoms. The lowest BCUT2D eigenvalue weighted by Crippen LogP contribution is -1.88. The van der Waals surface area contributed by atoms with Crippen LogP contribution < -0.4 is 4.74 Å². The zero-order chi connectivity index (χ0) is 9.14. The summed E-state index contributed by atoms with van der Waals surface area (Å²) in [6, 6.07) is 5.81. The molecule has 0 saturated carbocycles. The van der Waals surface area contributed by atoms with Gasteiger partial charge in [0.25, 0.3) is 0 Å². The van der Waals surface area contributed by atoms with Gasteiger partial charge in [-0.2, -0.15) is 0 Å². The molecule has 0 unspecified atom stereocenters. The largest absolute Gasteiger partial charge is 0.495 e. The molecule has 0 atom stereocenters. The van der Waals surface area contributed by atoms with Crippen molar-refractivity contribution in [2.75, 3.05) is 7.11 Å². The van der Waals surface area contributed by atoms with E-state index in [1.54, 1.807) is 7.11 Å². The minimum atomic E-state index is 0.805. The van der Waals surface area contributed by atoms with Gasteiger partial charge in [0.2, 0.25) is 0 Å². The predicted octanol–water partition coefficient (Wildman–Crippen LogP) is 3.82. The molecular formula is C9H8Br2O. The summed E-state index contributed by atoms with van der Waals surface area (Å²) in [5, 5.41) is 0. The van der Waals surface area contributed by atoms with Crippen molar-refractivity contribution in [1.29, 1.82) is 0 Å². The van der Waals surface area contributed by atoms with Gasteiger partial charge in [-0.05, 0) is 22.0 Å². The van der Waals surface area contributed by atoms with Crippen molar-refractivity contribution in [3.63, 3.8) is 0 Å². The van der Waals surface area contributed by atoms with Gasteiger partial charge in [0.15, 0.2) is 0 Å². The summed E-state index contributed by atoms with van der Waals surface area (Å²) in [4.78, 5) is 0. The quantitative estimate of drug-likeness (QED) is 0.805. The van der Waals surface area contributed by atoms with Crippen LogP contribution in [0.4, 0.5) is 0 Å². The fraction of sp³-hybridized carbons (Fsp3) is 0.111. The highest BCUT2D eigenvalue weighted by atomic mass is 79.9. The number of para-hydroxylation sites is 1. The first-order valence-electron chi connectivity index (χ1n) is 3.34. The molecule has 1 rings (SSSR count). The Morgan fingerprint density at radius 1 is 1.50 bits per heavy atom. The number of benzene rings is 1. The number of rotatable bonds is 2. The van der Waals surface area contributed by atoms with Crippen LogP contribution in [0.2, 0.25) is 0 Å². The van der Waals surface area contributed by atoms with E-state index in [1.165, 1.54) is 0 Å². The first kappa shape index (κ1) is 9.81. The molecule has 0 aromatic heterocycles. The molecule has 0 fully saturated rings. The zero-order valence-electron chi connectivity index (χ0n) is 6.60. The Kier molecular flexibility index (Phi) is 3.35. The van der Waals surface area contributed by atoms with Crippen LogP contribution >= 0.6 is 31.9 Å². The Balaban J connectivity index is 3.27. The van der Waals surface area contributed by atoms with E-state index in [-0.39, 0.29) is 0 Å². The molecule has 64 valence electrons. The lowest BCUT2D eigenvalue weighted by molar-refractivity contribution is 0.411. The van der Waals surface area contributed by atoms with E-state index in [1.807, 2.05) is 18.2 Å². The molecule has 1 nitrogen and oxygen atoms in total. The van der Waals surface area contributed by atoms with Gasteiger partial charge >= 0.3 is 0 Å². The third-order valence-corrected chi connectivity index (χ3v) is 2.51. The van der Waals surface area contributed by atoms with Gasteiger partial charge in [0, 0.05) is 10.0 Å². The second kappa shape index (κ2) is 4.10. The van der Waals surface area contributed by atoms with Crippen molar-refractivity contribution >= 4 is 36.3 Å². The molecule has 0 N–H and O–H groups in total. The molecule has 0 aliphatic carbocycles. The van der Waals surface area contributed by atoms with E-state index in [9.17, 15) is 0 Å². The van der Waals surface area contributed by atoms with Crippen molar-refractivity contribution in [3.8, 4) is 5.75 Å². The number of hydrogen-bond donors (Lipinski definition) is 0. The Bertz CT molecular complexity index is 307. The van der Waals surface area contributed by atoms with Gasteiger partial charge in [-0.3, -0.25) is 0 Å². The molecule has 0 amide bonds. The highest BCUT2D eigenvalue weighted by Gasteiger charge is 2.06. The maximum Gasteiger partial charge on any atom is 0.141 e. The lowest BCUT2D eigenvalue weighted by Gasteiger charge is -2.08. The summed E-state index contributed by atoms with van der Waals surface area (Å²) in [5.74, 6) is 0.805. The van der Waals surface area contributed by atoms with Gasteiger partial charge in [-0.15, -0.1) is 0 Å². The normalized spacial score (nSPS) is 9.58. The van der Waals surface area contributed by atoms with Crippen LogP contribution in [0, 0.1) is 0 Å². The maximum atomic E-state index is 5.20. The van der Waals surface area contributed by atoms with E-state index in [0.29, 0.717) is 0 Å². The van der Waals surface area contributed by atoms with Gasteiger partial charge in [0.05, 0.1) is 11.6 Å². The summed E-state index contributed by atoms with van der Waals surface area (Å²) in [7, 11) is 1.64. The summed E-state index contributed by atoms with van der Waals surface area (Å²) >= 11 is 6.70. The minimum Gasteiger partial charge on any atom is -0.495 e. The third kappa shape index (κ3) is 1.90. The summed E-state index contributed by atoms with van der Waals surface area (Å²) in [5.41, 5.74) is 0.965. The van der Waals surface area contributed by atoms with Crippen LogP contribution in [-0.2, 0) is 0 Å². The van der Waals surface area contributed by atoms with Crippen molar-refractivity contribution in [3.05, 3.63) is 34.8 Å². The van der Waals surface area contributed by atoms with E-state index in [4.69, 9.17) is 4.74 Å². The smallest absolute Gasteiger partial charge is 0.141 e. The Morgan fingerprint density at radius 2 is 2.17 bits per heavy atom. The first-order valence-corrected chi connectivity index (χ1v) is 4.92. The molecule has 3 heteroatoms. The minimum absolute atomic E-state index is 0.805. The van der Waals surface area contributed by atoms with Crippen molar-refractivity contribution in [1.82, 2.24) is 0 Å². The van der Waals surface area contributed by atoms with E-state index >= 15 is 0 Å². The van der Waals surface area contributed by atoms with Crippen LogP contribution in [0.15, 0.2) is 29.3 Å². The maximum absolute atomic E-state index is 5.20. The SMILES string of the molecule is C=C(Br)c1cccc(Br)c1OC. The Morgan fingerprint density at radius 3 is 2.58 bits per heavy atom. The number of hydrogen-bond acceptors (Lipinski definition) is 1. The molecule has 0 aliphatic heterocycles. The van der Waals surface area contributed by atoms with Gasteiger partial charge in [-0.25, -0.2) is 0 Å². The van der Waals surface area contributed by atoms with Gasteiger partial charge in [0.1, 0.15) is 5.75 Å². The van der Waals surface area contributed by atoms with Crippen LogP contribution in [0.3, 0.4) is 0 Å². The van der Waals surface area contributed by atoms with Gasteiger partial charge in [-0.1, -0.05) is 34.6 Å². The molecule has 0 bridgehead atoms. The van der Waals surface area contributed by atoms with E-state index < -0.39 is 0 Å². The van der Waals surface area contributed by atoms with Crippen molar-refractivity contribution in [2.45, 2.75) is 0 Å². The van der Waals surface area contributed by atoms with Crippen LogP contribution in [0.5, 0.6) is 5.75 Å². The van der Waals surface area contributed by atoms with Crippen LogP contribution in [0.25, 0.3) is 4.48 Å². The topological polar surface area (TPSA) is 9.23 Å². The fourth-order valence-electron chi connectivity index (χ4n) is 0.930. The lowest BCUT2D eigenvalue weighted by atomic mass is 10.2. The average molecular weight is 292 g/mol. The zero-order valence-corrected chi connectivity index (χ0v) is 9.78. The van der Waals surface area contributed by atoms with Crippen molar-refractivity contribution in [2.24, 2.45) is 0 Å². The van der Waals surface area contributed by atoms with Gasteiger partial charge < -0.3 is 4.74 Å². The molecule has 1 aromatic carbocycles. The molecular weight excluding hydrogens is 284 g/mol. The second-order valence-electron chi connectivity index (χ2n) is 2.23. The average Bonchev–Trinajstić information content (AvgIpc) is 2.03. The number of ether oxygens (including phenoxy) is 1. The standard InChI is InChI=1S/C9H8Br2O/c1-6(10)7-4-3-5-8(11)9(7)12-2/h3-5H,1H2,2H3. The third-order valence-electron chi connectivity index (χ3n) is 1.46. The second-order valence-corrected chi connectivity index (χ2v) is 4.04. The first-order chi connectivity index (χ1) is 5.66. The summed E-state index contributed by atoms with van der Waals surface area (Å²) in [6.45, 7) is 3.79. The molecule has 0 heterocycles. The monoisotopic (exact) mass is 290 g/mol. The molecule has 0 spiro atoms.